The third-order valence-corrected chi connectivity index (χ3v) is 6.03. The highest BCUT2D eigenvalue weighted by Gasteiger charge is 2.26. The van der Waals surface area contributed by atoms with Crippen molar-refractivity contribution in [3.8, 4) is 11.5 Å². The lowest BCUT2D eigenvalue weighted by atomic mass is 10.0. The molecule has 1 unspecified atom stereocenters. The lowest BCUT2D eigenvalue weighted by molar-refractivity contribution is -0.134. The molecule has 5 nitrogen and oxygen atoms in total. The van der Waals surface area contributed by atoms with Gasteiger partial charge in [0, 0.05) is 37.7 Å². The van der Waals surface area contributed by atoms with Crippen molar-refractivity contribution in [2.24, 2.45) is 0 Å². The molecule has 0 saturated carbocycles. The molecule has 33 heavy (non-hydrogen) atoms. The van der Waals surface area contributed by atoms with Gasteiger partial charge in [-0.05, 0) is 49.1 Å². The van der Waals surface area contributed by atoms with Crippen LogP contribution in [0.2, 0.25) is 0 Å². The monoisotopic (exact) mass is 442 g/mol. The Morgan fingerprint density at radius 1 is 1.00 bits per heavy atom. The normalized spacial score (nSPS) is 15.8. The highest BCUT2D eigenvalue weighted by molar-refractivity contribution is 5.94. The van der Waals surface area contributed by atoms with Crippen molar-refractivity contribution in [2.45, 2.75) is 32.2 Å². The Labute approximate surface area is 195 Å². The molecule has 1 fully saturated rings. The van der Waals surface area contributed by atoms with Crippen molar-refractivity contribution in [2.75, 3.05) is 19.6 Å². The molecule has 3 aromatic carbocycles. The summed E-state index contributed by atoms with van der Waals surface area (Å²) in [5, 5.41) is 3.42. The number of carbonyl (C=O) groups excluding carboxylic acids is 2. The average molecular weight is 443 g/mol. The maximum absolute atomic E-state index is 13.2. The van der Waals surface area contributed by atoms with E-state index < -0.39 is 0 Å². The molecule has 0 radical (unpaired) electrons. The van der Waals surface area contributed by atoms with E-state index in [-0.39, 0.29) is 17.7 Å². The summed E-state index contributed by atoms with van der Waals surface area (Å²) in [6, 6.07) is 25.5. The van der Waals surface area contributed by atoms with Gasteiger partial charge in [-0.2, -0.15) is 0 Å². The van der Waals surface area contributed by atoms with Crippen LogP contribution in [0, 0.1) is 0 Å². The highest BCUT2D eigenvalue weighted by Crippen LogP contribution is 2.27. The molecule has 1 saturated heterocycles. The largest absolute Gasteiger partial charge is 0.457 e. The Bertz CT molecular complexity index is 1100. The number of amides is 1. The molecule has 170 valence electrons. The Morgan fingerprint density at radius 3 is 2.61 bits per heavy atom. The summed E-state index contributed by atoms with van der Waals surface area (Å²) in [6.45, 7) is 3.90. The predicted octanol–water partition coefficient (Wildman–Crippen LogP) is 4.66. The first-order valence-corrected chi connectivity index (χ1v) is 11.5. The van der Waals surface area contributed by atoms with Crippen LogP contribution in [0.25, 0.3) is 0 Å². The Morgan fingerprint density at radius 2 is 1.79 bits per heavy atom. The van der Waals surface area contributed by atoms with Gasteiger partial charge < -0.3 is 15.0 Å². The second-order valence-corrected chi connectivity index (χ2v) is 8.43. The van der Waals surface area contributed by atoms with Gasteiger partial charge in [-0.15, -0.1) is 0 Å². The molecule has 0 aliphatic carbocycles. The first-order valence-electron chi connectivity index (χ1n) is 11.5. The topological polar surface area (TPSA) is 58.6 Å². The number of ketones is 1. The molecule has 1 aliphatic heterocycles. The smallest absolute Gasteiger partial charge is 0.223 e. The van der Waals surface area contributed by atoms with Crippen LogP contribution in [-0.2, 0) is 17.6 Å². The lowest BCUT2D eigenvalue weighted by Crippen LogP contribution is -2.54. The van der Waals surface area contributed by atoms with Crippen LogP contribution in [-0.4, -0.2) is 42.3 Å². The third kappa shape index (κ3) is 6.08. The minimum Gasteiger partial charge on any atom is -0.457 e. The van der Waals surface area contributed by atoms with E-state index in [0.717, 1.165) is 31.6 Å². The zero-order valence-corrected chi connectivity index (χ0v) is 19.0. The van der Waals surface area contributed by atoms with E-state index in [1.54, 1.807) is 19.1 Å². The molecule has 1 N–H and O–H groups in total. The van der Waals surface area contributed by atoms with E-state index in [1.165, 1.54) is 5.56 Å². The van der Waals surface area contributed by atoms with Gasteiger partial charge in [0.15, 0.2) is 5.78 Å². The minimum atomic E-state index is 0.000380. The van der Waals surface area contributed by atoms with Crippen LogP contribution in [0.5, 0.6) is 11.5 Å². The first-order chi connectivity index (χ1) is 16.1. The molecule has 1 heterocycles. The molecule has 1 atom stereocenters. The maximum Gasteiger partial charge on any atom is 0.223 e. The average Bonchev–Trinajstić information content (AvgIpc) is 2.84. The quantitative estimate of drug-likeness (QED) is 0.516. The van der Waals surface area contributed by atoms with Crippen molar-refractivity contribution in [1.29, 1.82) is 0 Å². The van der Waals surface area contributed by atoms with Gasteiger partial charge in [-0.25, -0.2) is 0 Å². The van der Waals surface area contributed by atoms with Crippen molar-refractivity contribution < 1.29 is 14.3 Å². The van der Waals surface area contributed by atoms with Gasteiger partial charge in [0.05, 0.1) is 0 Å². The summed E-state index contributed by atoms with van der Waals surface area (Å²) >= 11 is 0. The number of hydrogen-bond acceptors (Lipinski definition) is 4. The molecule has 1 aliphatic rings. The number of hydrogen-bond donors (Lipinski definition) is 1. The summed E-state index contributed by atoms with van der Waals surface area (Å²) in [5.74, 6) is 1.50. The molecule has 0 bridgehead atoms. The summed E-state index contributed by atoms with van der Waals surface area (Å²) in [6.07, 6.45) is 1.88. The molecule has 0 spiro atoms. The highest BCUT2D eigenvalue weighted by atomic mass is 16.5. The fraction of sp³-hybridized carbons (Fsp3) is 0.286. The number of aryl methyl sites for hydroxylation is 1. The van der Waals surface area contributed by atoms with Gasteiger partial charge in [-0.1, -0.05) is 60.7 Å². The van der Waals surface area contributed by atoms with Crippen molar-refractivity contribution in [1.82, 2.24) is 10.2 Å². The summed E-state index contributed by atoms with van der Waals surface area (Å²) in [5.41, 5.74) is 2.84. The van der Waals surface area contributed by atoms with E-state index in [9.17, 15) is 9.59 Å². The van der Waals surface area contributed by atoms with E-state index in [2.05, 4.69) is 17.4 Å². The molecular weight excluding hydrogens is 412 g/mol. The summed E-state index contributed by atoms with van der Waals surface area (Å²) in [7, 11) is 0. The molecule has 4 rings (SSSR count). The number of nitrogens with zero attached hydrogens (tertiary/aromatic N) is 1. The fourth-order valence-corrected chi connectivity index (χ4v) is 4.26. The molecule has 5 heteroatoms. The Balaban J connectivity index is 1.41. The van der Waals surface area contributed by atoms with Gasteiger partial charge in [0.25, 0.3) is 0 Å². The molecule has 0 aromatic heterocycles. The zero-order valence-electron chi connectivity index (χ0n) is 19.0. The Hall–Kier alpha value is -3.44. The summed E-state index contributed by atoms with van der Waals surface area (Å²) in [4.78, 5) is 26.9. The van der Waals surface area contributed by atoms with E-state index in [1.807, 2.05) is 59.5 Å². The zero-order chi connectivity index (χ0) is 23.0. The number of benzene rings is 3. The predicted molar refractivity (Wildman–Crippen MR) is 130 cm³/mol. The van der Waals surface area contributed by atoms with Crippen LogP contribution in [0.1, 0.15) is 34.8 Å². The number of nitrogens with one attached hydrogen (secondary N) is 1. The van der Waals surface area contributed by atoms with Crippen LogP contribution in [0.4, 0.5) is 0 Å². The fourth-order valence-electron chi connectivity index (χ4n) is 4.26. The van der Waals surface area contributed by atoms with Gasteiger partial charge in [0.1, 0.15) is 11.5 Å². The number of carbonyl (C=O) groups is 2. The van der Waals surface area contributed by atoms with Gasteiger partial charge in [-0.3, -0.25) is 9.59 Å². The van der Waals surface area contributed by atoms with E-state index in [4.69, 9.17) is 4.74 Å². The number of Topliss-reactive ketones (excluding diaryl/α,β-unsaturated/α-hetero) is 1. The number of rotatable bonds is 8. The van der Waals surface area contributed by atoms with Crippen molar-refractivity contribution in [3.63, 3.8) is 0 Å². The van der Waals surface area contributed by atoms with Crippen LogP contribution in [0.15, 0.2) is 78.9 Å². The maximum atomic E-state index is 13.2. The number of ether oxygens (including phenoxy) is 1. The SMILES string of the molecule is CC(=O)c1cccc(Oc2ccccc2CCC(=O)N2CCNCC2Cc2ccccc2)c1. The molecule has 1 amide bonds. The van der Waals surface area contributed by atoms with Gasteiger partial charge >= 0.3 is 0 Å². The first kappa shape index (κ1) is 22.7. The van der Waals surface area contributed by atoms with E-state index >= 15 is 0 Å². The second kappa shape index (κ2) is 10.9. The Kier molecular flexibility index (Phi) is 7.53. The standard InChI is InChI=1S/C28H30N2O3/c1-21(31)24-11-7-12-26(19-24)33-27-13-6-5-10-23(27)14-15-28(32)30-17-16-29-20-25(30)18-22-8-3-2-4-9-22/h2-13,19,25,29H,14-18,20H2,1H3. The number of para-hydroxylation sites is 1. The number of piperazine rings is 1. The van der Waals surface area contributed by atoms with Gasteiger partial charge in [0.2, 0.25) is 5.91 Å². The molecule has 3 aromatic rings. The minimum absolute atomic E-state index is 0.000380. The lowest BCUT2D eigenvalue weighted by Gasteiger charge is -2.36. The van der Waals surface area contributed by atoms with Crippen LogP contribution in [0.3, 0.4) is 0 Å². The summed E-state index contributed by atoms with van der Waals surface area (Å²) < 4.78 is 6.09. The molecular formula is C28H30N2O3. The van der Waals surface area contributed by atoms with E-state index in [0.29, 0.717) is 29.9 Å². The van der Waals surface area contributed by atoms with Crippen LogP contribution >= 0.6 is 0 Å². The third-order valence-electron chi connectivity index (χ3n) is 6.03. The van der Waals surface area contributed by atoms with Crippen molar-refractivity contribution in [3.05, 3.63) is 95.6 Å². The van der Waals surface area contributed by atoms with Crippen molar-refractivity contribution >= 4 is 11.7 Å². The second-order valence-electron chi connectivity index (χ2n) is 8.43. The van der Waals surface area contributed by atoms with Crippen LogP contribution < -0.4 is 10.1 Å².